The minimum atomic E-state index is -0.131. The van der Waals surface area contributed by atoms with Crippen molar-refractivity contribution in [3.05, 3.63) is 36.7 Å². The Bertz CT molecular complexity index is 352. The third-order valence-electron chi connectivity index (χ3n) is 1.57. The van der Waals surface area contributed by atoms with Gasteiger partial charge in [-0.15, -0.1) is 6.58 Å². The van der Waals surface area contributed by atoms with Crippen LogP contribution in [0.25, 0.3) is 6.08 Å². The lowest BCUT2D eigenvalue weighted by molar-refractivity contribution is -0.116. The van der Waals surface area contributed by atoms with Crippen LogP contribution in [0.3, 0.4) is 0 Å². The number of nitrogens with one attached hydrogen (secondary N) is 1. The summed E-state index contributed by atoms with van der Waals surface area (Å²) in [5.41, 5.74) is 0.904. The molecule has 1 amide bonds. The fraction of sp³-hybridized carbons (Fsp3) is 0.200. The summed E-state index contributed by atoms with van der Waals surface area (Å²) < 4.78 is 1.68. The summed E-state index contributed by atoms with van der Waals surface area (Å²) in [7, 11) is 1.83. The SMILES string of the molecule is C=CCNC(=O)C=Cc1cnn(C)c1. The summed E-state index contributed by atoms with van der Waals surface area (Å²) >= 11 is 0. The second-order valence-corrected chi connectivity index (χ2v) is 2.81. The fourth-order valence-electron chi connectivity index (χ4n) is 0.930. The molecule has 0 aliphatic carbocycles. The monoisotopic (exact) mass is 191 g/mol. The molecule has 0 atom stereocenters. The largest absolute Gasteiger partial charge is 0.349 e. The molecule has 1 aromatic heterocycles. The molecule has 0 fully saturated rings. The zero-order valence-corrected chi connectivity index (χ0v) is 8.10. The van der Waals surface area contributed by atoms with E-state index in [4.69, 9.17) is 0 Å². The summed E-state index contributed by atoms with van der Waals surface area (Å²) in [5, 5.41) is 6.61. The molecule has 4 nitrogen and oxygen atoms in total. The van der Waals surface area contributed by atoms with Gasteiger partial charge in [-0.3, -0.25) is 9.48 Å². The quantitative estimate of drug-likeness (QED) is 0.563. The Kier molecular flexibility index (Phi) is 3.67. The van der Waals surface area contributed by atoms with E-state index in [9.17, 15) is 4.79 Å². The summed E-state index contributed by atoms with van der Waals surface area (Å²) in [6.07, 6.45) is 8.34. The van der Waals surface area contributed by atoms with E-state index in [1.54, 1.807) is 23.0 Å². The molecule has 14 heavy (non-hydrogen) atoms. The first-order chi connectivity index (χ1) is 6.72. The summed E-state index contributed by atoms with van der Waals surface area (Å²) in [6.45, 7) is 3.98. The molecule has 0 saturated heterocycles. The molecule has 4 heteroatoms. The Morgan fingerprint density at radius 2 is 2.57 bits per heavy atom. The standard InChI is InChI=1S/C10H13N3O/c1-3-6-11-10(14)5-4-9-7-12-13(2)8-9/h3-5,7-8H,1,6H2,2H3,(H,11,14). The second kappa shape index (κ2) is 5.01. The van der Waals surface area contributed by atoms with Gasteiger partial charge in [-0.25, -0.2) is 0 Å². The van der Waals surface area contributed by atoms with Gasteiger partial charge in [-0.1, -0.05) is 6.08 Å². The van der Waals surface area contributed by atoms with Crippen LogP contribution < -0.4 is 5.32 Å². The van der Waals surface area contributed by atoms with Crippen molar-refractivity contribution in [3.63, 3.8) is 0 Å². The average Bonchev–Trinajstić information content (AvgIpc) is 2.58. The van der Waals surface area contributed by atoms with Crippen molar-refractivity contribution >= 4 is 12.0 Å². The molecule has 1 heterocycles. The predicted octanol–water partition coefficient (Wildman–Crippen LogP) is 0.735. The van der Waals surface area contributed by atoms with Gasteiger partial charge in [0.05, 0.1) is 6.20 Å². The number of aryl methyl sites for hydroxylation is 1. The van der Waals surface area contributed by atoms with Gasteiger partial charge < -0.3 is 5.32 Å². The Hall–Kier alpha value is -1.84. The van der Waals surface area contributed by atoms with E-state index in [-0.39, 0.29) is 5.91 Å². The van der Waals surface area contributed by atoms with E-state index >= 15 is 0 Å². The molecule has 0 bridgehead atoms. The van der Waals surface area contributed by atoms with Gasteiger partial charge in [-0.2, -0.15) is 5.10 Å². The highest BCUT2D eigenvalue weighted by Crippen LogP contribution is 1.98. The molecule has 0 spiro atoms. The maximum absolute atomic E-state index is 11.1. The van der Waals surface area contributed by atoms with Crippen molar-refractivity contribution < 1.29 is 4.79 Å². The summed E-state index contributed by atoms with van der Waals surface area (Å²) in [4.78, 5) is 11.1. The van der Waals surface area contributed by atoms with Crippen LogP contribution in [0.4, 0.5) is 0 Å². The van der Waals surface area contributed by atoms with Crippen LogP contribution in [-0.4, -0.2) is 22.2 Å². The minimum Gasteiger partial charge on any atom is -0.349 e. The Morgan fingerprint density at radius 1 is 1.79 bits per heavy atom. The van der Waals surface area contributed by atoms with Crippen molar-refractivity contribution in [2.75, 3.05) is 6.54 Å². The third kappa shape index (κ3) is 3.26. The lowest BCUT2D eigenvalue weighted by Gasteiger charge is -1.94. The maximum Gasteiger partial charge on any atom is 0.244 e. The smallest absolute Gasteiger partial charge is 0.244 e. The normalized spacial score (nSPS) is 10.4. The van der Waals surface area contributed by atoms with Crippen LogP contribution in [0.1, 0.15) is 5.56 Å². The van der Waals surface area contributed by atoms with Gasteiger partial charge >= 0.3 is 0 Å². The van der Waals surface area contributed by atoms with Crippen molar-refractivity contribution in [2.45, 2.75) is 0 Å². The molecule has 0 aliphatic heterocycles. The molecular weight excluding hydrogens is 178 g/mol. The van der Waals surface area contributed by atoms with Crippen LogP contribution >= 0.6 is 0 Å². The van der Waals surface area contributed by atoms with Crippen LogP contribution in [0.2, 0.25) is 0 Å². The summed E-state index contributed by atoms with van der Waals surface area (Å²) in [5.74, 6) is -0.131. The van der Waals surface area contributed by atoms with Crippen molar-refractivity contribution in [1.29, 1.82) is 0 Å². The maximum atomic E-state index is 11.1. The molecule has 0 aliphatic rings. The first kappa shape index (κ1) is 10.2. The molecule has 74 valence electrons. The number of nitrogens with zero attached hydrogens (tertiary/aromatic N) is 2. The highest BCUT2D eigenvalue weighted by atomic mass is 16.1. The number of hydrogen-bond donors (Lipinski definition) is 1. The molecular formula is C10H13N3O. The topological polar surface area (TPSA) is 46.9 Å². The van der Waals surface area contributed by atoms with Crippen LogP contribution in [0, 0.1) is 0 Å². The Morgan fingerprint density at radius 3 is 3.14 bits per heavy atom. The zero-order chi connectivity index (χ0) is 10.4. The van der Waals surface area contributed by atoms with E-state index in [1.807, 2.05) is 13.2 Å². The molecule has 1 N–H and O–H groups in total. The van der Waals surface area contributed by atoms with E-state index in [0.29, 0.717) is 6.54 Å². The molecule has 0 saturated carbocycles. The van der Waals surface area contributed by atoms with E-state index in [2.05, 4.69) is 17.0 Å². The van der Waals surface area contributed by atoms with Crippen LogP contribution in [0.15, 0.2) is 31.1 Å². The number of rotatable bonds is 4. The Labute approximate surface area is 82.9 Å². The highest BCUT2D eigenvalue weighted by Gasteiger charge is 1.93. The molecule has 1 aromatic rings. The average molecular weight is 191 g/mol. The second-order valence-electron chi connectivity index (χ2n) is 2.81. The number of carbonyl (C=O) groups is 1. The minimum absolute atomic E-state index is 0.131. The lowest BCUT2D eigenvalue weighted by atomic mass is 10.3. The molecule has 0 unspecified atom stereocenters. The third-order valence-corrected chi connectivity index (χ3v) is 1.57. The lowest BCUT2D eigenvalue weighted by Crippen LogP contribution is -2.20. The van der Waals surface area contributed by atoms with Gasteiger partial charge in [0.2, 0.25) is 5.91 Å². The fourth-order valence-corrected chi connectivity index (χ4v) is 0.930. The Balaban J connectivity index is 2.47. The van der Waals surface area contributed by atoms with Gasteiger partial charge in [0.1, 0.15) is 0 Å². The van der Waals surface area contributed by atoms with Gasteiger partial charge in [0, 0.05) is 31.4 Å². The van der Waals surface area contributed by atoms with E-state index in [1.165, 1.54) is 6.08 Å². The van der Waals surface area contributed by atoms with E-state index in [0.717, 1.165) is 5.56 Å². The number of hydrogen-bond acceptors (Lipinski definition) is 2. The first-order valence-electron chi connectivity index (χ1n) is 4.28. The summed E-state index contributed by atoms with van der Waals surface area (Å²) in [6, 6.07) is 0. The van der Waals surface area contributed by atoms with Crippen LogP contribution in [0.5, 0.6) is 0 Å². The molecule has 1 rings (SSSR count). The van der Waals surface area contributed by atoms with E-state index < -0.39 is 0 Å². The van der Waals surface area contributed by atoms with Crippen molar-refractivity contribution in [1.82, 2.24) is 15.1 Å². The van der Waals surface area contributed by atoms with Crippen LogP contribution in [-0.2, 0) is 11.8 Å². The van der Waals surface area contributed by atoms with Gasteiger partial charge in [-0.05, 0) is 6.08 Å². The van der Waals surface area contributed by atoms with Crippen molar-refractivity contribution in [2.24, 2.45) is 7.05 Å². The van der Waals surface area contributed by atoms with Crippen molar-refractivity contribution in [3.8, 4) is 0 Å². The molecule has 0 aromatic carbocycles. The molecule has 0 radical (unpaired) electrons. The first-order valence-corrected chi connectivity index (χ1v) is 4.28. The number of aromatic nitrogens is 2. The number of carbonyl (C=O) groups excluding carboxylic acids is 1. The zero-order valence-electron chi connectivity index (χ0n) is 8.10. The predicted molar refractivity (Wildman–Crippen MR) is 55.4 cm³/mol. The van der Waals surface area contributed by atoms with Gasteiger partial charge in [0.15, 0.2) is 0 Å². The highest BCUT2D eigenvalue weighted by molar-refractivity contribution is 5.91. The number of amides is 1. The van der Waals surface area contributed by atoms with Gasteiger partial charge in [0.25, 0.3) is 0 Å².